The van der Waals surface area contributed by atoms with Gasteiger partial charge in [0.05, 0.1) is 16.1 Å². The molecule has 2 rings (SSSR count). The minimum atomic E-state index is -0.0197. The highest BCUT2D eigenvalue weighted by Crippen LogP contribution is 2.26. The van der Waals surface area contributed by atoms with Crippen LogP contribution in [0.2, 0.25) is 0 Å². The Labute approximate surface area is 109 Å². The van der Waals surface area contributed by atoms with Crippen LogP contribution in [0.5, 0.6) is 0 Å². The van der Waals surface area contributed by atoms with Crippen LogP contribution in [0.15, 0.2) is 36.6 Å². The molecule has 0 atom stereocenters. The molecule has 0 amide bonds. The molecule has 1 aromatic heterocycles. The highest BCUT2D eigenvalue weighted by atomic mass is 79.9. The van der Waals surface area contributed by atoms with E-state index in [2.05, 4.69) is 31.9 Å². The first kappa shape index (κ1) is 11.8. The minimum absolute atomic E-state index is 0.0197. The van der Waals surface area contributed by atoms with Gasteiger partial charge < -0.3 is 10.2 Å². The fraction of sp³-hybridized carbons (Fsp3) is 0.182. The van der Waals surface area contributed by atoms with Gasteiger partial charge in [0.15, 0.2) is 11.0 Å². The van der Waals surface area contributed by atoms with E-state index in [-0.39, 0.29) is 5.43 Å². The number of rotatable bonds is 2. The van der Waals surface area contributed by atoms with Crippen LogP contribution >= 0.6 is 31.9 Å². The first-order valence-electron chi connectivity index (χ1n) is 4.73. The SMILES string of the molecule is NCCc1coc2c(Br)cc(Br)cc2c1=O. The second-order valence-electron chi connectivity index (χ2n) is 3.39. The summed E-state index contributed by atoms with van der Waals surface area (Å²) in [6, 6.07) is 3.60. The molecule has 16 heavy (non-hydrogen) atoms. The second kappa shape index (κ2) is 4.69. The first-order chi connectivity index (χ1) is 7.63. The third kappa shape index (κ3) is 2.07. The van der Waals surface area contributed by atoms with Crippen LogP contribution in [0.25, 0.3) is 11.0 Å². The summed E-state index contributed by atoms with van der Waals surface area (Å²) < 4.78 is 7.03. The maximum Gasteiger partial charge on any atom is 0.195 e. The Balaban J connectivity index is 2.78. The van der Waals surface area contributed by atoms with Crippen molar-refractivity contribution in [2.24, 2.45) is 5.73 Å². The number of nitrogens with two attached hydrogens (primary N) is 1. The van der Waals surface area contributed by atoms with E-state index in [1.165, 1.54) is 6.26 Å². The van der Waals surface area contributed by atoms with Crippen molar-refractivity contribution in [2.75, 3.05) is 6.54 Å². The smallest absolute Gasteiger partial charge is 0.195 e. The van der Waals surface area contributed by atoms with Crippen molar-refractivity contribution in [3.8, 4) is 0 Å². The molecule has 0 aliphatic carbocycles. The number of hydrogen-bond acceptors (Lipinski definition) is 3. The minimum Gasteiger partial charge on any atom is -0.463 e. The molecule has 1 aromatic carbocycles. The van der Waals surface area contributed by atoms with Crippen molar-refractivity contribution >= 4 is 42.8 Å². The number of fused-ring (bicyclic) bond motifs is 1. The van der Waals surface area contributed by atoms with Crippen molar-refractivity contribution in [3.05, 3.63) is 43.1 Å². The Morgan fingerprint density at radius 1 is 1.31 bits per heavy atom. The molecule has 0 spiro atoms. The molecule has 0 fully saturated rings. The summed E-state index contributed by atoms with van der Waals surface area (Å²) in [5.74, 6) is 0. The molecule has 0 aliphatic heterocycles. The topological polar surface area (TPSA) is 56.2 Å². The highest BCUT2D eigenvalue weighted by Gasteiger charge is 2.09. The first-order valence-corrected chi connectivity index (χ1v) is 6.31. The summed E-state index contributed by atoms with van der Waals surface area (Å²) in [5, 5.41) is 0.562. The molecular weight excluding hydrogens is 338 g/mol. The number of halogens is 2. The Kier molecular flexibility index (Phi) is 3.47. The summed E-state index contributed by atoms with van der Waals surface area (Å²) in [7, 11) is 0. The van der Waals surface area contributed by atoms with E-state index < -0.39 is 0 Å². The lowest BCUT2D eigenvalue weighted by molar-refractivity contribution is 0.590. The third-order valence-electron chi connectivity index (χ3n) is 2.28. The van der Waals surface area contributed by atoms with E-state index in [4.69, 9.17) is 10.2 Å². The quantitative estimate of drug-likeness (QED) is 0.909. The highest BCUT2D eigenvalue weighted by molar-refractivity contribution is 9.11. The van der Waals surface area contributed by atoms with Gasteiger partial charge in [0.25, 0.3) is 0 Å². The van der Waals surface area contributed by atoms with Gasteiger partial charge in [-0.25, -0.2) is 0 Å². The van der Waals surface area contributed by atoms with Gasteiger partial charge >= 0.3 is 0 Å². The molecular formula is C11H9Br2NO2. The molecule has 0 saturated carbocycles. The maximum atomic E-state index is 12.1. The molecule has 1 heterocycles. The predicted octanol–water partition coefficient (Wildman–Crippen LogP) is 2.82. The van der Waals surface area contributed by atoms with Crippen LogP contribution in [-0.2, 0) is 6.42 Å². The van der Waals surface area contributed by atoms with Crippen molar-refractivity contribution < 1.29 is 4.42 Å². The number of hydrogen-bond donors (Lipinski definition) is 1. The van der Waals surface area contributed by atoms with E-state index in [1.54, 1.807) is 6.07 Å². The lowest BCUT2D eigenvalue weighted by Gasteiger charge is -2.03. The normalized spacial score (nSPS) is 10.9. The zero-order valence-corrected chi connectivity index (χ0v) is 11.5. The Morgan fingerprint density at radius 2 is 2.06 bits per heavy atom. The van der Waals surface area contributed by atoms with Crippen LogP contribution in [0.4, 0.5) is 0 Å². The molecule has 0 bridgehead atoms. The van der Waals surface area contributed by atoms with Gasteiger partial charge in [-0.15, -0.1) is 0 Å². The van der Waals surface area contributed by atoms with Gasteiger partial charge in [-0.1, -0.05) is 15.9 Å². The van der Waals surface area contributed by atoms with Crippen molar-refractivity contribution in [2.45, 2.75) is 6.42 Å². The van der Waals surface area contributed by atoms with Crippen molar-refractivity contribution in [1.82, 2.24) is 0 Å². The molecule has 0 aliphatic rings. The molecule has 0 saturated heterocycles. The van der Waals surface area contributed by atoms with E-state index >= 15 is 0 Å². The van der Waals surface area contributed by atoms with E-state index in [9.17, 15) is 4.79 Å². The molecule has 2 N–H and O–H groups in total. The predicted molar refractivity (Wildman–Crippen MR) is 70.6 cm³/mol. The summed E-state index contributed by atoms with van der Waals surface area (Å²) in [4.78, 5) is 12.1. The van der Waals surface area contributed by atoms with E-state index in [1.807, 2.05) is 6.07 Å². The van der Waals surface area contributed by atoms with Crippen molar-refractivity contribution in [1.29, 1.82) is 0 Å². The van der Waals surface area contributed by atoms with Gasteiger partial charge in [-0.05, 0) is 41.0 Å². The van der Waals surface area contributed by atoms with Crippen LogP contribution < -0.4 is 11.2 Å². The summed E-state index contributed by atoms with van der Waals surface area (Å²) in [6.45, 7) is 0.436. The van der Waals surface area contributed by atoms with Crippen LogP contribution in [0.1, 0.15) is 5.56 Å². The Morgan fingerprint density at radius 3 is 2.75 bits per heavy atom. The monoisotopic (exact) mass is 345 g/mol. The maximum absolute atomic E-state index is 12.1. The standard InChI is InChI=1S/C11H9Br2NO2/c12-7-3-8-10(15)6(1-2-14)5-16-11(8)9(13)4-7/h3-5H,1-2,14H2. The van der Waals surface area contributed by atoms with Crippen LogP contribution in [-0.4, -0.2) is 6.54 Å². The summed E-state index contributed by atoms with van der Waals surface area (Å²) in [6.07, 6.45) is 2.01. The molecule has 0 unspecified atom stereocenters. The molecule has 2 aromatic rings. The zero-order valence-electron chi connectivity index (χ0n) is 8.30. The second-order valence-corrected chi connectivity index (χ2v) is 5.16. The largest absolute Gasteiger partial charge is 0.463 e. The van der Waals surface area contributed by atoms with Gasteiger partial charge in [0, 0.05) is 10.0 Å². The third-order valence-corrected chi connectivity index (χ3v) is 3.32. The Bertz CT molecular complexity index is 592. The van der Waals surface area contributed by atoms with Crippen molar-refractivity contribution in [3.63, 3.8) is 0 Å². The lowest BCUT2D eigenvalue weighted by Crippen LogP contribution is -2.13. The van der Waals surface area contributed by atoms with Gasteiger partial charge in [-0.3, -0.25) is 4.79 Å². The van der Waals surface area contributed by atoms with Gasteiger partial charge in [-0.2, -0.15) is 0 Å². The fourth-order valence-electron chi connectivity index (χ4n) is 1.53. The fourth-order valence-corrected chi connectivity index (χ4v) is 2.85. The molecule has 84 valence electrons. The van der Waals surface area contributed by atoms with Gasteiger partial charge in [0.2, 0.25) is 0 Å². The van der Waals surface area contributed by atoms with E-state index in [0.717, 1.165) is 8.95 Å². The summed E-state index contributed by atoms with van der Waals surface area (Å²) >= 11 is 6.70. The molecule has 3 nitrogen and oxygen atoms in total. The molecule has 5 heteroatoms. The lowest BCUT2D eigenvalue weighted by atomic mass is 10.1. The number of benzene rings is 1. The molecule has 0 radical (unpaired) electrons. The average molecular weight is 347 g/mol. The van der Waals surface area contributed by atoms with Crippen LogP contribution in [0.3, 0.4) is 0 Å². The van der Waals surface area contributed by atoms with Gasteiger partial charge in [0.1, 0.15) is 0 Å². The summed E-state index contributed by atoms with van der Waals surface area (Å²) in [5.41, 5.74) is 6.59. The Hall–Kier alpha value is -0.650. The average Bonchev–Trinajstić information content (AvgIpc) is 2.23. The zero-order chi connectivity index (χ0) is 11.7. The van der Waals surface area contributed by atoms with Crippen LogP contribution in [0, 0.1) is 0 Å². The van der Waals surface area contributed by atoms with E-state index in [0.29, 0.717) is 29.5 Å².